The molecule has 2 aromatic carbocycles. The summed E-state index contributed by atoms with van der Waals surface area (Å²) in [5.41, 5.74) is 1.28. The van der Waals surface area contributed by atoms with Crippen LogP contribution in [0.2, 0.25) is 5.02 Å². The number of para-hydroxylation sites is 1. The largest absolute Gasteiger partial charge is 0.493 e. The smallest absolute Gasteiger partial charge is 0.319 e. The van der Waals surface area contributed by atoms with Crippen LogP contribution in [0, 0.1) is 6.92 Å². The van der Waals surface area contributed by atoms with Gasteiger partial charge in [-0.3, -0.25) is 0 Å². The first-order valence-corrected chi connectivity index (χ1v) is 11.8. The summed E-state index contributed by atoms with van der Waals surface area (Å²) in [5.74, 6) is 0.817. The molecule has 1 saturated heterocycles. The molecule has 3 rings (SSSR count). The number of anilines is 1. The molecular formula is C21H26ClN3O5S. The standard InChI is InChI=1S/C21H26ClN3O5S/c1-16-5-2-3-6-20(16)30-12-4-9-23-21(26)24-19-15-17(7-8-18(19)22)31(27,28)25-10-13-29-14-11-25/h2-3,5-8,15H,4,9-14H2,1H3,(H2,23,24,26). The van der Waals surface area contributed by atoms with Crippen molar-refractivity contribution in [3.8, 4) is 5.75 Å². The van der Waals surface area contributed by atoms with Gasteiger partial charge in [0.05, 0.1) is 35.4 Å². The van der Waals surface area contributed by atoms with Crippen LogP contribution in [0.5, 0.6) is 5.75 Å². The van der Waals surface area contributed by atoms with Crippen molar-refractivity contribution < 1.29 is 22.7 Å². The molecular weight excluding hydrogens is 442 g/mol. The minimum Gasteiger partial charge on any atom is -0.493 e. The summed E-state index contributed by atoms with van der Waals surface area (Å²) in [6.07, 6.45) is 0.612. The maximum absolute atomic E-state index is 12.8. The Morgan fingerprint density at radius 2 is 1.94 bits per heavy atom. The van der Waals surface area contributed by atoms with Gasteiger partial charge in [-0.2, -0.15) is 4.31 Å². The predicted octanol–water partition coefficient (Wildman–Crippen LogP) is 3.26. The van der Waals surface area contributed by atoms with Gasteiger partial charge in [-0.15, -0.1) is 0 Å². The maximum Gasteiger partial charge on any atom is 0.319 e. The molecule has 10 heteroatoms. The molecule has 31 heavy (non-hydrogen) atoms. The number of nitrogens with zero attached hydrogens (tertiary/aromatic N) is 1. The Morgan fingerprint density at radius 1 is 1.19 bits per heavy atom. The van der Waals surface area contributed by atoms with Crippen molar-refractivity contribution in [2.45, 2.75) is 18.2 Å². The number of morpholine rings is 1. The lowest BCUT2D eigenvalue weighted by Gasteiger charge is -2.26. The van der Waals surface area contributed by atoms with Crippen LogP contribution in [-0.4, -0.2) is 58.2 Å². The normalized spacial score (nSPS) is 14.8. The van der Waals surface area contributed by atoms with Gasteiger partial charge in [0.1, 0.15) is 5.75 Å². The molecule has 8 nitrogen and oxygen atoms in total. The topological polar surface area (TPSA) is 97.0 Å². The molecule has 0 aromatic heterocycles. The number of benzene rings is 2. The number of amides is 2. The molecule has 0 atom stereocenters. The third-order valence-corrected chi connectivity index (χ3v) is 6.98. The molecule has 0 saturated carbocycles. The van der Waals surface area contributed by atoms with E-state index in [9.17, 15) is 13.2 Å². The van der Waals surface area contributed by atoms with E-state index in [4.69, 9.17) is 21.1 Å². The molecule has 1 aliphatic heterocycles. The molecule has 0 spiro atoms. The molecule has 0 unspecified atom stereocenters. The Morgan fingerprint density at radius 3 is 2.68 bits per heavy atom. The van der Waals surface area contributed by atoms with E-state index in [1.54, 1.807) is 0 Å². The number of sulfonamides is 1. The van der Waals surface area contributed by atoms with Crippen molar-refractivity contribution in [2.24, 2.45) is 0 Å². The molecule has 1 aliphatic rings. The van der Waals surface area contributed by atoms with Crippen LogP contribution in [0.15, 0.2) is 47.4 Å². The van der Waals surface area contributed by atoms with Crippen LogP contribution in [0.4, 0.5) is 10.5 Å². The zero-order valence-corrected chi connectivity index (χ0v) is 18.8. The zero-order chi connectivity index (χ0) is 22.3. The second kappa shape index (κ2) is 10.8. The Balaban J connectivity index is 1.51. The van der Waals surface area contributed by atoms with Crippen LogP contribution in [0.1, 0.15) is 12.0 Å². The molecule has 1 heterocycles. The third kappa shape index (κ3) is 6.33. The first kappa shape index (κ1) is 23.3. The molecule has 168 valence electrons. The third-order valence-electron chi connectivity index (χ3n) is 4.75. The summed E-state index contributed by atoms with van der Waals surface area (Å²) >= 11 is 6.15. The van der Waals surface area contributed by atoms with Crippen LogP contribution < -0.4 is 15.4 Å². The quantitative estimate of drug-likeness (QED) is 0.581. The van der Waals surface area contributed by atoms with Gasteiger partial charge in [0.25, 0.3) is 0 Å². The Hall–Kier alpha value is -2.33. The number of aryl methyl sites for hydroxylation is 1. The lowest BCUT2D eigenvalue weighted by molar-refractivity contribution is 0.0730. The fraction of sp³-hybridized carbons (Fsp3) is 0.381. The van der Waals surface area contributed by atoms with Gasteiger partial charge < -0.3 is 20.1 Å². The Kier molecular flexibility index (Phi) is 8.14. The molecule has 2 amide bonds. The highest BCUT2D eigenvalue weighted by Crippen LogP contribution is 2.27. The summed E-state index contributed by atoms with van der Waals surface area (Å²) in [6.45, 7) is 4.11. The van der Waals surface area contributed by atoms with E-state index in [2.05, 4.69) is 10.6 Å². The first-order valence-electron chi connectivity index (χ1n) is 9.98. The summed E-state index contributed by atoms with van der Waals surface area (Å²) in [4.78, 5) is 12.3. The van der Waals surface area contributed by atoms with E-state index in [-0.39, 0.29) is 15.6 Å². The van der Waals surface area contributed by atoms with E-state index in [1.807, 2.05) is 31.2 Å². The van der Waals surface area contributed by atoms with Gasteiger partial charge in [-0.1, -0.05) is 29.8 Å². The molecule has 0 aliphatic carbocycles. The summed E-state index contributed by atoms with van der Waals surface area (Å²) in [7, 11) is -3.68. The van der Waals surface area contributed by atoms with E-state index in [0.717, 1.165) is 11.3 Å². The van der Waals surface area contributed by atoms with Crippen LogP contribution in [0.25, 0.3) is 0 Å². The minimum atomic E-state index is -3.68. The second-order valence-corrected chi connectivity index (χ2v) is 9.35. The van der Waals surface area contributed by atoms with Gasteiger partial charge in [0.15, 0.2) is 0 Å². The van der Waals surface area contributed by atoms with Gasteiger partial charge in [-0.05, 0) is 43.2 Å². The van der Waals surface area contributed by atoms with Crippen molar-refractivity contribution in [1.82, 2.24) is 9.62 Å². The molecule has 2 N–H and O–H groups in total. The average Bonchev–Trinajstić information content (AvgIpc) is 2.76. The van der Waals surface area contributed by atoms with Gasteiger partial charge >= 0.3 is 6.03 Å². The van der Waals surface area contributed by atoms with E-state index < -0.39 is 16.1 Å². The van der Waals surface area contributed by atoms with Gasteiger partial charge in [0.2, 0.25) is 10.0 Å². The fourth-order valence-electron chi connectivity index (χ4n) is 3.04. The monoisotopic (exact) mass is 467 g/mol. The zero-order valence-electron chi connectivity index (χ0n) is 17.3. The van der Waals surface area contributed by atoms with Gasteiger partial charge in [0, 0.05) is 19.6 Å². The maximum atomic E-state index is 12.8. The van der Waals surface area contributed by atoms with E-state index >= 15 is 0 Å². The lowest BCUT2D eigenvalue weighted by atomic mass is 10.2. The fourth-order valence-corrected chi connectivity index (χ4v) is 4.64. The number of urea groups is 1. The highest BCUT2D eigenvalue weighted by molar-refractivity contribution is 7.89. The van der Waals surface area contributed by atoms with Crippen molar-refractivity contribution in [1.29, 1.82) is 0 Å². The molecule has 2 aromatic rings. The highest BCUT2D eigenvalue weighted by Gasteiger charge is 2.27. The second-order valence-electron chi connectivity index (χ2n) is 7.01. The molecule has 1 fully saturated rings. The van der Waals surface area contributed by atoms with Crippen LogP contribution >= 0.6 is 11.6 Å². The number of nitrogens with one attached hydrogen (secondary N) is 2. The summed E-state index contributed by atoms with van der Waals surface area (Å²) < 4.78 is 37.9. The highest BCUT2D eigenvalue weighted by atomic mass is 35.5. The lowest BCUT2D eigenvalue weighted by Crippen LogP contribution is -2.40. The Bertz CT molecular complexity index is 1010. The SMILES string of the molecule is Cc1ccccc1OCCCNC(=O)Nc1cc(S(=O)(=O)N2CCOCC2)ccc1Cl. The van der Waals surface area contributed by atoms with Crippen LogP contribution in [-0.2, 0) is 14.8 Å². The summed E-state index contributed by atoms with van der Waals surface area (Å²) in [5, 5.41) is 5.58. The van der Waals surface area contributed by atoms with Crippen molar-refractivity contribution in [2.75, 3.05) is 44.8 Å². The minimum absolute atomic E-state index is 0.0701. The van der Waals surface area contributed by atoms with Gasteiger partial charge in [-0.25, -0.2) is 13.2 Å². The number of hydrogen-bond acceptors (Lipinski definition) is 5. The van der Waals surface area contributed by atoms with E-state index in [0.29, 0.717) is 45.9 Å². The van der Waals surface area contributed by atoms with E-state index in [1.165, 1.54) is 22.5 Å². The number of hydrogen-bond donors (Lipinski definition) is 2. The molecule has 0 radical (unpaired) electrons. The number of ether oxygens (including phenoxy) is 2. The number of halogens is 1. The van der Waals surface area contributed by atoms with Crippen molar-refractivity contribution >= 4 is 33.3 Å². The van der Waals surface area contributed by atoms with Crippen LogP contribution in [0.3, 0.4) is 0 Å². The number of carbonyl (C=O) groups is 1. The number of carbonyl (C=O) groups excluding carboxylic acids is 1. The average molecular weight is 468 g/mol. The van der Waals surface area contributed by atoms with Crippen molar-refractivity contribution in [3.05, 3.63) is 53.1 Å². The summed E-state index contributed by atoms with van der Waals surface area (Å²) in [6, 6.07) is 11.5. The first-order chi connectivity index (χ1) is 14.9. The van der Waals surface area contributed by atoms with Crippen molar-refractivity contribution in [3.63, 3.8) is 0 Å². The number of rotatable bonds is 8. The molecule has 0 bridgehead atoms. The Labute approximate surface area is 187 Å². The predicted molar refractivity (Wildman–Crippen MR) is 119 cm³/mol.